The van der Waals surface area contributed by atoms with Crippen molar-refractivity contribution in [2.75, 3.05) is 7.11 Å². The maximum absolute atomic E-state index is 11.5. The van der Waals surface area contributed by atoms with E-state index in [2.05, 4.69) is 9.72 Å². The number of fused-ring (bicyclic) bond motifs is 1. The molecule has 0 bridgehead atoms. The molecule has 78 valence electrons. The van der Waals surface area contributed by atoms with Gasteiger partial charge < -0.3 is 9.15 Å². The molecule has 0 unspecified atom stereocenters. The van der Waals surface area contributed by atoms with E-state index < -0.39 is 5.97 Å². The number of methoxy groups -OCH3 is 1. The smallest absolute Gasteiger partial charge is 0.342 e. The van der Waals surface area contributed by atoms with Crippen molar-refractivity contribution in [2.45, 2.75) is 6.92 Å². The first-order chi connectivity index (χ1) is 7.13. The fourth-order valence-corrected chi connectivity index (χ4v) is 1.57. The summed E-state index contributed by atoms with van der Waals surface area (Å²) in [5.74, 6) is 0.0435. The standard InChI is InChI=1S/C10H8ClNO3/c1-5-8(10(13)14-2)6-3-4-7(11)12-9(6)15-5/h3-4H,1-2H3. The molecule has 5 heteroatoms. The minimum atomic E-state index is -0.435. The average molecular weight is 226 g/mol. The molecule has 0 aliphatic heterocycles. The van der Waals surface area contributed by atoms with E-state index in [0.29, 0.717) is 27.6 Å². The van der Waals surface area contributed by atoms with E-state index in [4.69, 9.17) is 16.0 Å². The second-order valence-electron chi connectivity index (χ2n) is 3.01. The molecule has 0 fully saturated rings. The van der Waals surface area contributed by atoms with Gasteiger partial charge in [0.05, 0.1) is 12.5 Å². The number of aromatic nitrogens is 1. The molecule has 0 N–H and O–H groups in total. The molecular formula is C10H8ClNO3. The predicted molar refractivity (Wildman–Crippen MR) is 55.1 cm³/mol. The van der Waals surface area contributed by atoms with E-state index in [1.165, 1.54) is 7.11 Å². The van der Waals surface area contributed by atoms with Crippen LogP contribution in [0.2, 0.25) is 5.15 Å². The van der Waals surface area contributed by atoms with Gasteiger partial charge in [0.25, 0.3) is 0 Å². The third kappa shape index (κ3) is 1.57. The Morgan fingerprint density at radius 1 is 1.53 bits per heavy atom. The third-order valence-corrected chi connectivity index (χ3v) is 2.30. The molecule has 4 nitrogen and oxygen atoms in total. The normalized spacial score (nSPS) is 10.6. The molecule has 0 saturated carbocycles. The Balaban J connectivity index is 2.73. The van der Waals surface area contributed by atoms with Crippen LogP contribution in [-0.4, -0.2) is 18.1 Å². The molecule has 0 aromatic carbocycles. The van der Waals surface area contributed by atoms with Crippen molar-refractivity contribution in [1.82, 2.24) is 4.98 Å². The van der Waals surface area contributed by atoms with E-state index in [-0.39, 0.29) is 0 Å². The summed E-state index contributed by atoms with van der Waals surface area (Å²) in [7, 11) is 1.32. The molecule has 0 radical (unpaired) electrons. The molecule has 0 spiro atoms. The Labute approximate surface area is 90.8 Å². The molecule has 0 amide bonds. The number of pyridine rings is 1. The van der Waals surface area contributed by atoms with Crippen molar-refractivity contribution < 1.29 is 13.9 Å². The molecule has 0 aliphatic rings. The molecule has 0 aliphatic carbocycles. The van der Waals surface area contributed by atoms with Gasteiger partial charge in [0.15, 0.2) is 0 Å². The van der Waals surface area contributed by atoms with Gasteiger partial charge in [0, 0.05) is 0 Å². The van der Waals surface area contributed by atoms with Crippen LogP contribution >= 0.6 is 11.6 Å². The van der Waals surface area contributed by atoms with Gasteiger partial charge >= 0.3 is 5.97 Å². The SMILES string of the molecule is COC(=O)c1c(C)oc2nc(Cl)ccc12. The Hall–Kier alpha value is -1.55. The first-order valence-electron chi connectivity index (χ1n) is 4.27. The van der Waals surface area contributed by atoms with Crippen LogP contribution in [0.5, 0.6) is 0 Å². The van der Waals surface area contributed by atoms with E-state index in [1.54, 1.807) is 19.1 Å². The molecular weight excluding hydrogens is 218 g/mol. The summed E-state index contributed by atoms with van der Waals surface area (Å²) in [6.45, 7) is 1.68. The van der Waals surface area contributed by atoms with Gasteiger partial charge in [-0.2, -0.15) is 0 Å². The van der Waals surface area contributed by atoms with E-state index in [1.807, 2.05) is 0 Å². The summed E-state index contributed by atoms with van der Waals surface area (Å²) in [6.07, 6.45) is 0. The number of hydrogen-bond donors (Lipinski definition) is 0. The quantitative estimate of drug-likeness (QED) is 0.553. The van der Waals surface area contributed by atoms with E-state index >= 15 is 0 Å². The molecule has 15 heavy (non-hydrogen) atoms. The number of halogens is 1. The minimum Gasteiger partial charge on any atom is -0.465 e. The number of furan rings is 1. The fraction of sp³-hybridized carbons (Fsp3) is 0.200. The lowest BCUT2D eigenvalue weighted by Crippen LogP contribution is -2.01. The number of nitrogens with zero attached hydrogens (tertiary/aromatic N) is 1. The van der Waals surface area contributed by atoms with E-state index in [0.717, 1.165) is 0 Å². The van der Waals surface area contributed by atoms with Gasteiger partial charge in [0.1, 0.15) is 16.5 Å². The van der Waals surface area contributed by atoms with Crippen molar-refractivity contribution in [3.05, 3.63) is 28.6 Å². The van der Waals surface area contributed by atoms with Crippen LogP contribution in [0.15, 0.2) is 16.5 Å². The third-order valence-electron chi connectivity index (χ3n) is 2.09. The first kappa shape index (κ1) is 9.98. The molecule has 0 saturated heterocycles. The van der Waals surface area contributed by atoms with E-state index in [9.17, 15) is 4.79 Å². The van der Waals surface area contributed by atoms with Crippen molar-refractivity contribution in [3.8, 4) is 0 Å². The zero-order valence-electron chi connectivity index (χ0n) is 8.20. The van der Waals surface area contributed by atoms with Crippen LogP contribution in [-0.2, 0) is 4.74 Å². The van der Waals surface area contributed by atoms with Gasteiger partial charge in [-0.15, -0.1) is 0 Å². The number of ether oxygens (including phenoxy) is 1. The Morgan fingerprint density at radius 2 is 2.27 bits per heavy atom. The maximum atomic E-state index is 11.5. The number of carbonyl (C=O) groups excluding carboxylic acids is 1. The Kier molecular flexibility index (Phi) is 2.36. The number of hydrogen-bond acceptors (Lipinski definition) is 4. The highest BCUT2D eigenvalue weighted by atomic mass is 35.5. The first-order valence-corrected chi connectivity index (χ1v) is 4.65. The molecule has 2 heterocycles. The van der Waals surface area contributed by atoms with Crippen LogP contribution in [0.3, 0.4) is 0 Å². The number of carbonyl (C=O) groups is 1. The number of aryl methyl sites for hydroxylation is 1. The maximum Gasteiger partial charge on any atom is 0.342 e. The van der Waals surface area contributed by atoms with Crippen LogP contribution < -0.4 is 0 Å². The highest BCUT2D eigenvalue weighted by Gasteiger charge is 2.19. The number of rotatable bonds is 1. The summed E-state index contributed by atoms with van der Waals surface area (Å²) in [5, 5.41) is 0.941. The lowest BCUT2D eigenvalue weighted by atomic mass is 10.2. The summed E-state index contributed by atoms with van der Waals surface area (Å²) in [6, 6.07) is 3.29. The van der Waals surface area contributed by atoms with Crippen molar-refractivity contribution in [2.24, 2.45) is 0 Å². The Bertz CT molecular complexity index is 533. The van der Waals surface area contributed by atoms with Gasteiger partial charge in [-0.25, -0.2) is 9.78 Å². The average Bonchev–Trinajstić information content (AvgIpc) is 2.52. The molecule has 2 aromatic heterocycles. The van der Waals surface area contributed by atoms with Crippen LogP contribution in [0, 0.1) is 6.92 Å². The zero-order valence-corrected chi connectivity index (χ0v) is 8.96. The van der Waals surface area contributed by atoms with Gasteiger partial charge in [-0.05, 0) is 19.1 Å². The van der Waals surface area contributed by atoms with Crippen LogP contribution in [0.1, 0.15) is 16.1 Å². The fourth-order valence-electron chi connectivity index (χ4n) is 1.43. The minimum absolute atomic E-state index is 0.327. The topological polar surface area (TPSA) is 52.3 Å². The largest absolute Gasteiger partial charge is 0.465 e. The summed E-state index contributed by atoms with van der Waals surface area (Å²) in [4.78, 5) is 15.4. The van der Waals surface area contributed by atoms with Gasteiger partial charge in [0.2, 0.25) is 5.71 Å². The zero-order chi connectivity index (χ0) is 11.0. The molecule has 0 atom stereocenters. The lowest BCUT2D eigenvalue weighted by Gasteiger charge is -1.96. The molecule has 2 aromatic rings. The Morgan fingerprint density at radius 3 is 2.93 bits per heavy atom. The monoisotopic (exact) mass is 225 g/mol. The summed E-state index contributed by atoms with van der Waals surface area (Å²) < 4.78 is 9.96. The van der Waals surface area contributed by atoms with Gasteiger partial charge in [-0.3, -0.25) is 0 Å². The summed E-state index contributed by atoms with van der Waals surface area (Å²) in [5.41, 5.74) is 0.747. The second-order valence-corrected chi connectivity index (χ2v) is 3.40. The van der Waals surface area contributed by atoms with Crippen molar-refractivity contribution in [1.29, 1.82) is 0 Å². The van der Waals surface area contributed by atoms with Crippen molar-refractivity contribution >= 4 is 28.7 Å². The van der Waals surface area contributed by atoms with Crippen LogP contribution in [0.4, 0.5) is 0 Å². The van der Waals surface area contributed by atoms with Gasteiger partial charge in [-0.1, -0.05) is 11.6 Å². The molecule has 2 rings (SSSR count). The predicted octanol–water partition coefficient (Wildman–Crippen LogP) is 2.58. The van der Waals surface area contributed by atoms with Crippen molar-refractivity contribution in [3.63, 3.8) is 0 Å². The number of esters is 1. The second kappa shape index (κ2) is 3.55. The highest BCUT2D eigenvalue weighted by molar-refractivity contribution is 6.29. The van der Waals surface area contributed by atoms with Crippen LogP contribution in [0.25, 0.3) is 11.1 Å². The summed E-state index contributed by atoms with van der Waals surface area (Å²) >= 11 is 5.71. The lowest BCUT2D eigenvalue weighted by molar-refractivity contribution is 0.0601. The highest BCUT2D eigenvalue weighted by Crippen LogP contribution is 2.25.